The molecule has 3 nitrogen and oxygen atoms in total. The van der Waals surface area contributed by atoms with Crippen molar-refractivity contribution in [3.05, 3.63) is 69.2 Å². The molecule has 0 unspecified atom stereocenters. The van der Waals surface area contributed by atoms with Gasteiger partial charge in [0.2, 0.25) is 0 Å². The predicted molar refractivity (Wildman–Crippen MR) is 101 cm³/mol. The number of halogens is 1. The summed E-state index contributed by atoms with van der Waals surface area (Å²) >= 11 is 7.42. The Kier molecular flexibility index (Phi) is 4.69. The number of aryl methyl sites for hydroxylation is 3. The molecule has 0 bridgehead atoms. The molecule has 1 amide bonds. The molecule has 0 fully saturated rings. The van der Waals surface area contributed by atoms with Gasteiger partial charge < -0.3 is 5.32 Å². The van der Waals surface area contributed by atoms with Crippen LogP contribution >= 0.6 is 22.9 Å². The molecule has 3 rings (SSSR count). The first kappa shape index (κ1) is 16.7. The number of carbonyl (C=O) groups is 1. The molecule has 0 saturated heterocycles. The van der Waals surface area contributed by atoms with Crippen LogP contribution in [-0.4, -0.2) is 10.9 Å². The fourth-order valence-corrected chi connectivity index (χ4v) is 3.68. The molecule has 1 N–H and O–H groups in total. The van der Waals surface area contributed by atoms with Crippen LogP contribution in [0.4, 0.5) is 5.69 Å². The average molecular weight is 357 g/mol. The number of benzene rings is 2. The third-order valence-electron chi connectivity index (χ3n) is 3.79. The lowest BCUT2D eigenvalue weighted by Gasteiger charge is -2.10. The molecule has 24 heavy (non-hydrogen) atoms. The average Bonchev–Trinajstić information content (AvgIpc) is 2.93. The number of aromatic nitrogens is 1. The van der Waals surface area contributed by atoms with E-state index >= 15 is 0 Å². The summed E-state index contributed by atoms with van der Waals surface area (Å²) in [6.45, 7) is 5.82. The third-order valence-corrected chi connectivity index (χ3v) is 5.23. The van der Waals surface area contributed by atoms with Crippen LogP contribution in [0.15, 0.2) is 42.5 Å². The van der Waals surface area contributed by atoms with Crippen LogP contribution in [-0.2, 0) is 0 Å². The highest BCUT2D eigenvalue weighted by Crippen LogP contribution is 2.30. The third kappa shape index (κ3) is 3.35. The molecule has 122 valence electrons. The van der Waals surface area contributed by atoms with E-state index in [1.165, 1.54) is 11.3 Å². The van der Waals surface area contributed by atoms with Crippen molar-refractivity contribution in [2.45, 2.75) is 20.8 Å². The molecule has 0 spiro atoms. The van der Waals surface area contributed by atoms with Gasteiger partial charge in [0.25, 0.3) is 5.91 Å². The molecule has 2 aromatic carbocycles. The highest BCUT2D eigenvalue weighted by Gasteiger charge is 2.17. The molecule has 5 heteroatoms. The van der Waals surface area contributed by atoms with E-state index in [0.717, 1.165) is 33.1 Å². The molecule has 1 heterocycles. The van der Waals surface area contributed by atoms with Crippen LogP contribution in [0.2, 0.25) is 5.02 Å². The van der Waals surface area contributed by atoms with E-state index in [1.807, 2.05) is 63.2 Å². The Labute approximate surface area is 150 Å². The Morgan fingerprint density at radius 2 is 1.75 bits per heavy atom. The summed E-state index contributed by atoms with van der Waals surface area (Å²) in [5.74, 6) is -0.129. The lowest BCUT2D eigenvalue weighted by atomic mass is 10.1. The lowest BCUT2D eigenvalue weighted by Crippen LogP contribution is -2.13. The van der Waals surface area contributed by atoms with E-state index in [4.69, 9.17) is 11.6 Å². The van der Waals surface area contributed by atoms with E-state index in [2.05, 4.69) is 10.3 Å². The number of nitrogens with one attached hydrogen (secondary N) is 1. The van der Waals surface area contributed by atoms with Gasteiger partial charge in [-0.05, 0) is 44.0 Å². The monoisotopic (exact) mass is 356 g/mol. The molecule has 0 saturated carbocycles. The Morgan fingerprint density at radius 1 is 1.08 bits per heavy atom. The fourth-order valence-electron chi connectivity index (χ4n) is 2.53. The van der Waals surface area contributed by atoms with Crippen molar-refractivity contribution in [1.29, 1.82) is 0 Å². The Bertz CT molecular complexity index is 897. The second kappa shape index (κ2) is 6.75. The second-order valence-corrected chi connectivity index (χ2v) is 7.10. The summed E-state index contributed by atoms with van der Waals surface area (Å²) in [5.41, 5.74) is 4.58. The van der Waals surface area contributed by atoms with Gasteiger partial charge in [0.1, 0.15) is 9.88 Å². The minimum absolute atomic E-state index is 0.129. The number of amides is 1. The summed E-state index contributed by atoms with van der Waals surface area (Å²) in [7, 11) is 0. The van der Waals surface area contributed by atoms with Crippen LogP contribution < -0.4 is 5.32 Å². The second-order valence-electron chi connectivity index (χ2n) is 5.66. The quantitative estimate of drug-likeness (QED) is 0.659. The molecular formula is C19H17ClN2OS. The number of anilines is 1. The van der Waals surface area contributed by atoms with E-state index in [1.54, 1.807) is 0 Å². The van der Waals surface area contributed by atoms with Gasteiger partial charge in [0, 0.05) is 16.3 Å². The van der Waals surface area contributed by atoms with Crippen molar-refractivity contribution in [2.24, 2.45) is 0 Å². The molecule has 0 aliphatic carbocycles. The zero-order valence-corrected chi connectivity index (χ0v) is 15.3. The normalized spacial score (nSPS) is 10.7. The topological polar surface area (TPSA) is 42.0 Å². The highest BCUT2D eigenvalue weighted by molar-refractivity contribution is 7.17. The number of para-hydroxylation sites is 1. The Balaban J connectivity index is 1.91. The van der Waals surface area contributed by atoms with Crippen molar-refractivity contribution in [3.8, 4) is 10.6 Å². The van der Waals surface area contributed by atoms with Gasteiger partial charge in [-0.25, -0.2) is 4.98 Å². The van der Waals surface area contributed by atoms with Gasteiger partial charge in [-0.1, -0.05) is 41.9 Å². The first-order valence-corrected chi connectivity index (χ1v) is 8.76. The van der Waals surface area contributed by atoms with Gasteiger partial charge in [-0.15, -0.1) is 11.3 Å². The molecule has 0 radical (unpaired) electrons. The summed E-state index contributed by atoms with van der Waals surface area (Å²) in [6.07, 6.45) is 0. The molecule has 0 atom stereocenters. The van der Waals surface area contributed by atoms with E-state index in [-0.39, 0.29) is 5.91 Å². The standard InChI is InChI=1S/C19H17ClN2OS/c1-11-6-4-7-12(2)16(11)22-18(23)17-13(3)21-19(24-17)14-8-5-9-15(20)10-14/h4-10H,1-3H3,(H,22,23). The van der Waals surface area contributed by atoms with Gasteiger partial charge in [-0.2, -0.15) is 0 Å². The van der Waals surface area contributed by atoms with E-state index in [9.17, 15) is 4.79 Å². The van der Waals surface area contributed by atoms with Crippen LogP contribution in [0.25, 0.3) is 10.6 Å². The lowest BCUT2D eigenvalue weighted by molar-refractivity contribution is 0.102. The number of thiazole rings is 1. The fraction of sp³-hybridized carbons (Fsp3) is 0.158. The van der Waals surface area contributed by atoms with Crippen molar-refractivity contribution < 1.29 is 4.79 Å². The van der Waals surface area contributed by atoms with Crippen molar-refractivity contribution >= 4 is 34.5 Å². The van der Waals surface area contributed by atoms with Crippen molar-refractivity contribution in [1.82, 2.24) is 4.98 Å². The maximum atomic E-state index is 12.7. The molecule has 1 aromatic heterocycles. The molecule has 3 aromatic rings. The Hall–Kier alpha value is -2.17. The summed E-state index contributed by atoms with van der Waals surface area (Å²) in [5, 5.41) is 4.46. The first-order valence-electron chi connectivity index (χ1n) is 7.56. The Morgan fingerprint density at radius 3 is 2.42 bits per heavy atom. The van der Waals surface area contributed by atoms with Gasteiger partial charge in [0.15, 0.2) is 0 Å². The summed E-state index contributed by atoms with van der Waals surface area (Å²) in [6, 6.07) is 13.4. The van der Waals surface area contributed by atoms with Crippen LogP contribution in [0.3, 0.4) is 0 Å². The van der Waals surface area contributed by atoms with E-state index < -0.39 is 0 Å². The number of rotatable bonds is 3. The maximum absolute atomic E-state index is 12.7. The largest absolute Gasteiger partial charge is 0.321 e. The highest BCUT2D eigenvalue weighted by atomic mass is 35.5. The SMILES string of the molecule is Cc1cccc(C)c1NC(=O)c1sc(-c2cccc(Cl)c2)nc1C. The molecular weight excluding hydrogens is 340 g/mol. The number of hydrogen-bond donors (Lipinski definition) is 1. The smallest absolute Gasteiger partial charge is 0.267 e. The molecule has 0 aliphatic heterocycles. The first-order chi connectivity index (χ1) is 11.5. The summed E-state index contributed by atoms with van der Waals surface area (Å²) in [4.78, 5) is 17.8. The zero-order chi connectivity index (χ0) is 17.3. The maximum Gasteiger partial charge on any atom is 0.267 e. The number of carbonyl (C=O) groups excluding carboxylic acids is 1. The van der Waals surface area contributed by atoms with Gasteiger partial charge in [-0.3, -0.25) is 4.79 Å². The number of hydrogen-bond acceptors (Lipinski definition) is 3. The predicted octanol–water partition coefficient (Wildman–Crippen LogP) is 5.64. The minimum atomic E-state index is -0.129. The van der Waals surface area contributed by atoms with Crippen LogP contribution in [0.1, 0.15) is 26.5 Å². The van der Waals surface area contributed by atoms with Crippen molar-refractivity contribution in [2.75, 3.05) is 5.32 Å². The van der Waals surface area contributed by atoms with Crippen LogP contribution in [0.5, 0.6) is 0 Å². The minimum Gasteiger partial charge on any atom is -0.321 e. The summed E-state index contributed by atoms with van der Waals surface area (Å²) < 4.78 is 0. The van der Waals surface area contributed by atoms with Gasteiger partial charge >= 0.3 is 0 Å². The van der Waals surface area contributed by atoms with E-state index in [0.29, 0.717) is 9.90 Å². The van der Waals surface area contributed by atoms with Crippen LogP contribution in [0, 0.1) is 20.8 Å². The molecule has 0 aliphatic rings. The number of nitrogens with zero attached hydrogens (tertiary/aromatic N) is 1. The zero-order valence-electron chi connectivity index (χ0n) is 13.7. The van der Waals surface area contributed by atoms with Crippen molar-refractivity contribution in [3.63, 3.8) is 0 Å². The van der Waals surface area contributed by atoms with Gasteiger partial charge in [0.05, 0.1) is 5.69 Å².